The molecule has 1 fully saturated rings. The third kappa shape index (κ3) is 2.96. The minimum absolute atomic E-state index is 0.0657. The van der Waals surface area contributed by atoms with Gasteiger partial charge in [0, 0.05) is 26.5 Å². The maximum Gasteiger partial charge on any atom is 0.255 e. The number of nitrogens with one attached hydrogen (secondary N) is 1. The van der Waals surface area contributed by atoms with E-state index in [-0.39, 0.29) is 12.5 Å². The molecule has 2 heterocycles. The van der Waals surface area contributed by atoms with Gasteiger partial charge in [0.05, 0.1) is 23.4 Å². The van der Waals surface area contributed by atoms with Gasteiger partial charge in [0.2, 0.25) is 0 Å². The summed E-state index contributed by atoms with van der Waals surface area (Å²) in [6.45, 7) is 3.03. The second-order valence-electron chi connectivity index (χ2n) is 5.02. The number of aryl methyl sites for hydroxylation is 2. The number of rotatable bonds is 4. The molecule has 0 radical (unpaired) electrons. The Morgan fingerprint density at radius 1 is 1.58 bits per heavy atom. The molecule has 0 saturated carbocycles. The monoisotopic (exact) mass is 267 g/mol. The van der Waals surface area contributed by atoms with Gasteiger partial charge in [-0.1, -0.05) is 6.92 Å². The summed E-state index contributed by atoms with van der Waals surface area (Å²) in [5, 5.41) is 16.8. The van der Waals surface area contributed by atoms with Crippen LogP contribution in [0.4, 0.5) is 0 Å². The highest BCUT2D eigenvalue weighted by molar-refractivity contribution is 5.95. The summed E-state index contributed by atoms with van der Waals surface area (Å²) in [7, 11) is 1.80. The summed E-state index contributed by atoms with van der Waals surface area (Å²) in [5.41, 5.74) is 0.806. The predicted octanol–water partition coefficient (Wildman–Crippen LogP) is 0.254. The van der Waals surface area contributed by atoms with Crippen LogP contribution in [0, 0.1) is 0 Å². The third-order valence-corrected chi connectivity index (χ3v) is 3.62. The van der Waals surface area contributed by atoms with Crippen LogP contribution in [0.2, 0.25) is 0 Å². The minimum Gasteiger partial charge on any atom is -0.394 e. The van der Waals surface area contributed by atoms with E-state index in [1.54, 1.807) is 17.9 Å². The van der Waals surface area contributed by atoms with Crippen LogP contribution in [0.3, 0.4) is 0 Å². The molecule has 0 atom stereocenters. The van der Waals surface area contributed by atoms with Gasteiger partial charge in [-0.25, -0.2) is 0 Å². The van der Waals surface area contributed by atoms with Gasteiger partial charge >= 0.3 is 0 Å². The van der Waals surface area contributed by atoms with E-state index in [0.717, 1.165) is 5.69 Å². The molecule has 1 aliphatic heterocycles. The zero-order chi connectivity index (χ0) is 13.9. The number of amides is 1. The molecule has 6 heteroatoms. The van der Waals surface area contributed by atoms with E-state index in [1.165, 1.54) is 0 Å². The Hall–Kier alpha value is -1.40. The van der Waals surface area contributed by atoms with Gasteiger partial charge in [-0.15, -0.1) is 0 Å². The second kappa shape index (κ2) is 5.71. The second-order valence-corrected chi connectivity index (χ2v) is 5.02. The molecule has 19 heavy (non-hydrogen) atoms. The molecule has 1 aliphatic rings. The maximum absolute atomic E-state index is 12.4. The van der Waals surface area contributed by atoms with Crippen LogP contribution in [0.25, 0.3) is 0 Å². The summed E-state index contributed by atoms with van der Waals surface area (Å²) in [6, 6.07) is 0. The molecule has 1 aromatic heterocycles. The van der Waals surface area contributed by atoms with Crippen molar-refractivity contribution in [3.05, 3.63) is 17.5 Å². The molecule has 1 saturated heterocycles. The lowest BCUT2D eigenvalue weighted by atomic mass is 9.90. The summed E-state index contributed by atoms with van der Waals surface area (Å²) in [4.78, 5) is 12.4. The lowest BCUT2D eigenvalue weighted by Crippen LogP contribution is -2.54. The quantitative estimate of drug-likeness (QED) is 0.820. The number of hydrogen-bond donors (Lipinski definition) is 2. The van der Waals surface area contributed by atoms with Crippen LogP contribution in [-0.4, -0.2) is 46.2 Å². The molecule has 106 valence electrons. The number of aliphatic hydroxyl groups excluding tert-OH is 1. The molecule has 0 bridgehead atoms. The molecular weight excluding hydrogens is 246 g/mol. The van der Waals surface area contributed by atoms with Crippen LogP contribution in [0.15, 0.2) is 6.20 Å². The van der Waals surface area contributed by atoms with Crippen molar-refractivity contribution in [1.82, 2.24) is 15.1 Å². The van der Waals surface area contributed by atoms with E-state index >= 15 is 0 Å². The van der Waals surface area contributed by atoms with Crippen LogP contribution in [-0.2, 0) is 18.2 Å². The Balaban J connectivity index is 2.14. The van der Waals surface area contributed by atoms with Gasteiger partial charge in [-0.2, -0.15) is 5.10 Å². The average Bonchev–Trinajstić information content (AvgIpc) is 2.81. The smallest absolute Gasteiger partial charge is 0.255 e. The molecule has 0 unspecified atom stereocenters. The Kier molecular flexibility index (Phi) is 4.21. The number of nitrogens with zero attached hydrogens (tertiary/aromatic N) is 2. The molecule has 6 nitrogen and oxygen atoms in total. The molecular formula is C13H21N3O3. The van der Waals surface area contributed by atoms with Crippen molar-refractivity contribution in [2.75, 3.05) is 19.8 Å². The van der Waals surface area contributed by atoms with Crippen molar-refractivity contribution < 1.29 is 14.6 Å². The van der Waals surface area contributed by atoms with Crippen molar-refractivity contribution in [2.24, 2.45) is 7.05 Å². The summed E-state index contributed by atoms with van der Waals surface area (Å²) in [6.07, 6.45) is 3.70. The summed E-state index contributed by atoms with van der Waals surface area (Å²) < 4.78 is 6.93. The van der Waals surface area contributed by atoms with E-state index in [4.69, 9.17) is 4.74 Å². The molecule has 2 rings (SSSR count). The Morgan fingerprint density at radius 3 is 2.84 bits per heavy atom. The zero-order valence-corrected chi connectivity index (χ0v) is 11.5. The van der Waals surface area contributed by atoms with Gasteiger partial charge in [0.1, 0.15) is 0 Å². The Bertz CT molecular complexity index is 450. The van der Waals surface area contributed by atoms with Crippen molar-refractivity contribution >= 4 is 5.91 Å². The predicted molar refractivity (Wildman–Crippen MR) is 69.9 cm³/mol. The van der Waals surface area contributed by atoms with Crippen molar-refractivity contribution in [1.29, 1.82) is 0 Å². The molecule has 2 N–H and O–H groups in total. The van der Waals surface area contributed by atoms with E-state index < -0.39 is 5.54 Å². The topological polar surface area (TPSA) is 76.4 Å². The standard InChI is InChI=1S/C13H21N3O3/c1-3-11-10(8-16(2)15-11)12(18)14-13(9-17)4-6-19-7-5-13/h8,17H,3-7,9H2,1-2H3,(H,14,18). The van der Waals surface area contributed by atoms with E-state index in [9.17, 15) is 9.90 Å². The highest BCUT2D eigenvalue weighted by atomic mass is 16.5. The number of aromatic nitrogens is 2. The lowest BCUT2D eigenvalue weighted by molar-refractivity contribution is 0.0125. The van der Waals surface area contributed by atoms with Gasteiger partial charge < -0.3 is 15.2 Å². The van der Waals surface area contributed by atoms with Gasteiger partial charge in [-0.05, 0) is 19.3 Å². The first-order valence-electron chi connectivity index (χ1n) is 6.64. The fourth-order valence-corrected chi connectivity index (χ4v) is 2.38. The summed E-state index contributed by atoms with van der Waals surface area (Å²) in [5.74, 6) is -0.166. The Morgan fingerprint density at radius 2 is 2.26 bits per heavy atom. The molecule has 1 aromatic rings. The number of ether oxygens (including phenoxy) is 1. The number of aliphatic hydroxyl groups is 1. The van der Waals surface area contributed by atoms with E-state index in [2.05, 4.69) is 10.4 Å². The van der Waals surface area contributed by atoms with E-state index in [0.29, 0.717) is 38.0 Å². The molecule has 0 spiro atoms. The van der Waals surface area contributed by atoms with E-state index in [1.807, 2.05) is 6.92 Å². The van der Waals surface area contributed by atoms with Crippen molar-refractivity contribution in [3.63, 3.8) is 0 Å². The maximum atomic E-state index is 12.4. The number of carbonyl (C=O) groups is 1. The summed E-state index contributed by atoms with van der Waals surface area (Å²) >= 11 is 0. The Labute approximate surface area is 112 Å². The van der Waals surface area contributed by atoms with Gasteiger partial charge in [0.15, 0.2) is 0 Å². The SMILES string of the molecule is CCc1nn(C)cc1C(=O)NC1(CO)CCOCC1. The number of carbonyl (C=O) groups excluding carboxylic acids is 1. The largest absolute Gasteiger partial charge is 0.394 e. The highest BCUT2D eigenvalue weighted by Gasteiger charge is 2.34. The van der Waals surface area contributed by atoms with Gasteiger partial charge in [0.25, 0.3) is 5.91 Å². The van der Waals surface area contributed by atoms with Crippen LogP contribution in [0.5, 0.6) is 0 Å². The first kappa shape index (κ1) is 14.0. The van der Waals surface area contributed by atoms with Crippen molar-refractivity contribution in [3.8, 4) is 0 Å². The van der Waals surface area contributed by atoms with Crippen LogP contribution < -0.4 is 5.32 Å². The number of hydrogen-bond acceptors (Lipinski definition) is 4. The van der Waals surface area contributed by atoms with Gasteiger partial charge in [-0.3, -0.25) is 9.48 Å². The van der Waals surface area contributed by atoms with Crippen molar-refractivity contribution in [2.45, 2.75) is 31.7 Å². The van der Waals surface area contributed by atoms with Crippen LogP contribution >= 0.6 is 0 Å². The fraction of sp³-hybridized carbons (Fsp3) is 0.692. The molecule has 0 aliphatic carbocycles. The lowest BCUT2D eigenvalue weighted by Gasteiger charge is -2.36. The minimum atomic E-state index is -0.559. The average molecular weight is 267 g/mol. The fourth-order valence-electron chi connectivity index (χ4n) is 2.38. The molecule has 1 amide bonds. The zero-order valence-electron chi connectivity index (χ0n) is 11.5. The first-order valence-corrected chi connectivity index (χ1v) is 6.64. The highest BCUT2D eigenvalue weighted by Crippen LogP contribution is 2.21. The first-order chi connectivity index (χ1) is 9.10. The normalized spacial score (nSPS) is 18.3. The molecule has 0 aromatic carbocycles. The third-order valence-electron chi connectivity index (χ3n) is 3.62. The van der Waals surface area contributed by atoms with Crippen LogP contribution in [0.1, 0.15) is 35.8 Å².